The third-order valence-corrected chi connectivity index (χ3v) is 5.37. The zero-order chi connectivity index (χ0) is 18.6. The van der Waals surface area contributed by atoms with E-state index in [1.165, 1.54) is 12.4 Å². The van der Waals surface area contributed by atoms with Crippen LogP contribution in [0, 0.1) is 0 Å². The van der Waals surface area contributed by atoms with Gasteiger partial charge in [-0.25, -0.2) is 9.78 Å². The first kappa shape index (κ1) is 18.8. The van der Waals surface area contributed by atoms with Crippen LogP contribution >= 0.6 is 0 Å². The number of hydrogen-bond donors (Lipinski definition) is 2. The molecule has 0 aromatic carbocycles. The summed E-state index contributed by atoms with van der Waals surface area (Å²) in [4.78, 5) is 35.2. The molecule has 3 rings (SSSR count). The molecule has 2 amide bonds. The molecule has 0 radical (unpaired) electrons. The molecule has 0 unspecified atom stereocenters. The Morgan fingerprint density at radius 2 is 2.15 bits per heavy atom. The first-order valence-corrected chi connectivity index (χ1v) is 9.36. The molecule has 2 aliphatic rings. The number of nitrogens with zero attached hydrogens (tertiary/aromatic N) is 3. The number of H-pyrrole nitrogens is 1. The van der Waals surface area contributed by atoms with Gasteiger partial charge in [-0.2, -0.15) is 0 Å². The lowest BCUT2D eigenvalue weighted by Gasteiger charge is -2.41. The molecule has 2 aliphatic heterocycles. The summed E-state index contributed by atoms with van der Waals surface area (Å²) in [7, 11) is 0. The highest BCUT2D eigenvalue weighted by Gasteiger charge is 2.30. The summed E-state index contributed by atoms with van der Waals surface area (Å²) >= 11 is 0. The predicted molar refractivity (Wildman–Crippen MR) is 98.3 cm³/mol. The molecule has 2 fully saturated rings. The van der Waals surface area contributed by atoms with Crippen molar-refractivity contribution in [3.05, 3.63) is 28.4 Å². The van der Waals surface area contributed by atoms with E-state index in [-0.39, 0.29) is 23.0 Å². The maximum atomic E-state index is 12.7. The number of ether oxygens (including phenoxy) is 1. The van der Waals surface area contributed by atoms with Gasteiger partial charge in [0.25, 0.3) is 5.56 Å². The van der Waals surface area contributed by atoms with Crippen LogP contribution in [-0.2, 0) is 4.74 Å². The molecule has 1 aromatic rings. The van der Waals surface area contributed by atoms with E-state index in [4.69, 9.17) is 4.74 Å². The number of aromatic nitrogens is 2. The smallest absolute Gasteiger partial charge is 0.317 e. The molecular formula is C18H29N5O3. The second-order valence-corrected chi connectivity index (χ2v) is 7.69. The monoisotopic (exact) mass is 363 g/mol. The zero-order valence-electron chi connectivity index (χ0n) is 15.7. The molecule has 3 heterocycles. The molecule has 2 saturated heterocycles. The van der Waals surface area contributed by atoms with Crippen LogP contribution in [0.5, 0.6) is 0 Å². The molecule has 0 spiro atoms. The van der Waals surface area contributed by atoms with Gasteiger partial charge >= 0.3 is 6.03 Å². The maximum absolute atomic E-state index is 12.7. The Bertz CT molecular complexity index is 669. The minimum atomic E-state index is -0.149. The first-order valence-electron chi connectivity index (χ1n) is 9.36. The number of hydrogen-bond acceptors (Lipinski definition) is 5. The summed E-state index contributed by atoms with van der Waals surface area (Å²) in [6.45, 7) is 9.50. The number of likely N-dealkylation sites (tertiary alicyclic amines) is 1. The molecule has 144 valence electrons. The minimum absolute atomic E-state index is 0.0409. The van der Waals surface area contributed by atoms with Crippen LogP contribution in [0.1, 0.15) is 38.3 Å². The number of rotatable bonds is 4. The fraction of sp³-hybridized carbons (Fsp3) is 0.722. The van der Waals surface area contributed by atoms with Gasteiger partial charge in [0, 0.05) is 50.2 Å². The largest absolute Gasteiger partial charge is 0.379 e. The van der Waals surface area contributed by atoms with Crippen molar-refractivity contribution < 1.29 is 9.53 Å². The minimum Gasteiger partial charge on any atom is -0.379 e. The Hall–Kier alpha value is -1.93. The van der Waals surface area contributed by atoms with Crippen molar-refractivity contribution in [1.82, 2.24) is 25.1 Å². The molecule has 0 aliphatic carbocycles. The van der Waals surface area contributed by atoms with Gasteiger partial charge in [0.15, 0.2) is 0 Å². The highest BCUT2D eigenvalue weighted by molar-refractivity contribution is 5.74. The number of carbonyl (C=O) groups excluding carboxylic acids is 1. The molecule has 8 nitrogen and oxygen atoms in total. The topological polar surface area (TPSA) is 90.6 Å². The van der Waals surface area contributed by atoms with Crippen LogP contribution in [0.15, 0.2) is 17.2 Å². The Balaban J connectivity index is 1.54. The lowest BCUT2D eigenvalue weighted by atomic mass is 9.95. The summed E-state index contributed by atoms with van der Waals surface area (Å²) in [6.07, 6.45) is 3.29. The van der Waals surface area contributed by atoms with Gasteiger partial charge in [-0.3, -0.25) is 9.69 Å². The fourth-order valence-corrected chi connectivity index (χ4v) is 3.69. The second-order valence-electron chi connectivity index (χ2n) is 7.69. The highest BCUT2D eigenvalue weighted by atomic mass is 16.5. The number of piperidine rings is 1. The number of morpholine rings is 1. The molecule has 26 heavy (non-hydrogen) atoms. The summed E-state index contributed by atoms with van der Waals surface area (Å²) < 4.78 is 5.41. The van der Waals surface area contributed by atoms with E-state index < -0.39 is 0 Å². The lowest BCUT2D eigenvalue weighted by Crippen LogP contribution is -2.57. The van der Waals surface area contributed by atoms with Gasteiger partial charge in [-0.15, -0.1) is 0 Å². The van der Waals surface area contributed by atoms with Gasteiger partial charge in [-0.05, 0) is 26.7 Å². The van der Waals surface area contributed by atoms with Crippen molar-refractivity contribution in [3.63, 3.8) is 0 Å². The Morgan fingerprint density at radius 3 is 2.88 bits per heavy atom. The number of urea groups is 1. The van der Waals surface area contributed by atoms with E-state index >= 15 is 0 Å². The quantitative estimate of drug-likeness (QED) is 0.825. The van der Waals surface area contributed by atoms with Gasteiger partial charge in [0.2, 0.25) is 0 Å². The molecule has 0 saturated carbocycles. The second kappa shape index (κ2) is 8.18. The Morgan fingerprint density at radius 1 is 1.38 bits per heavy atom. The molecular weight excluding hydrogens is 334 g/mol. The third kappa shape index (κ3) is 4.62. The van der Waals surface area contributed by atoms with Crippen molar-refractivity contribution in [1.29, 1.82) is 0 Å². The molecule has 1 atom stereocenters. The summed E-state index contributed by atoms with van der Waals surface area (Å²) in [5.74, 6) is 0.115. The number of aromatic amines is 1. The Labute approximate surface area is 153 Å². The summed E-state index contributed by atoms with van der Waals surface area (Å²) in [5.41, 5.74) is 0.506. The van der Waals surface area contributed by atoms with Crippen molar-refractivity contribution in [3.8, 4) is 0 Å². The van der Waals surface area contributed by atoms with E-state index in [9.17, 15) is 9.59 Å². The highest BCUT2D eigenvalue weighted by Crippen LogP contribution is 2.24. The average molecular weight is 363 g/mol. The first-order chi connectivity index (χ1) is 12.5. The number of nitrogens with one attached hydrogen (secondary N) is 2. The molecule has 2 N–H and O–H groups in total. The van der Waals surface area contributed by atoms with Crippen molar-refractivity contribution in [2.75, 3.05) is 45.9 Å². The summed E-state index contributed by atoms with van der Waals surface area (Å²) in [6, 6.07) is 1.49. The van der Waals surface area contributed by atoms with Gasteiger partial charge in [0.1, 0.15) is 0 Å². The van der Waals surface area contributed by atoms with Crippen LogP contribution in [0.3, 0.4) is 0 Å². The van der Waals surface area contributed by atoms with Gasteiger partial charge in [0.05, 0.1) is 25.2 Å². The van der Waals surface area contributed by atoms with E-state index in [0.717, 1.165) is 51.4 Å². The van der Waals surface area contributed by atoms with Crippen LogP contribution in [0.25, 0.3) is 0 Å². The average Bonchev–Trinajstić information content (AvgIpc) is 2.67. The maximum Gasteiger partial charge on any atom is 0.317 e. The lowest BCUT2D eigenvalue weighted by molar-refractivity contribution is -0.00910. The van der Waals surface area contributed by atoms with Crippen LogP contribution < -0.4 is 10.9 Å². The van der Waals surface area contributed by atoms with Crippen molar-refractivity contribution in [2.45, 2.75) is 38.1 Å². The zero-order valence-corrected chi connectivity index (χ0v) is 15.7. The van der Waals surface area contributed by atoms with Crippen LogP contribution in [-0.4, -0.2) is 77.3 Å². The van der Waals surface area contributed by atoms with Crippen molar-refractivity contribution in [2.24, 2.45) is 0 Å². The Kier molecular flexibility index (Phi) is 5.93. The van der Waals surface area contributed by atoms with E-state index in [2.05, 4.69) is 34.0 Å². The SMILES string of the molecule is CC(C)(CNC(=O)N1CCC[C@H](c2cc(=O)[nH]cn2)C1)N1CCOCC1. The summed E-state index contributed by atoms with van der Waals surface area (Å²) in [5, 5.41) is 3.09. The number of carbonyl (C=O) groups is 1. The van der Waals surface area contributed by atoms with Gasteiger partial charge in [-0.1, -0.05) is 0 Å². The van der Waals surface area contributed by atoms with E-state index in [0.29, 0.717) is 13.1 Å². The normalized spacial score (nSPS) is 22.2. The molecule has 0 bridgehead atoms. The van der Waals surface area contributed by atoms with Crippen LogP contribution in [0.2, 0.25) is 0 Å². The number of amides is 2. The third-order valence-electron chi connectivity index (χ3n) is 5.37. The van der Waals surface area contributed by atoms with E-state index in [1.54, 1.807) is 0 Å². The van der Waals surface area contributed by atoms with Gasteiger partial charge < -0.3 is 19.9 Å². The fourth-order valence-electron chi connectivity index (χ4n) is 3.69. The van der Waals surface area contributed by atoms with Crippen LogP contribution in [0.4, 0.5) is 4.79 Å². The molecule has 1 aromatic heterocycles. The predicted octanol–water partition coefficient (Wildman–Crippen LogP) is 0.770. The van der Waals surface area contributed by atoms with E-state index in [1.807, 2.05) is 4.90 Å². The molecule has 8 heteroatoms. The standard InChI is InChI=1S/C18H29N5O3/c1-18(2,23-6-8-26-9-7-23)12-19-17(25)22-5-3-4-14(11-22)15-10-16(24)21-13-20-15/h10,13-14H,3-9,11-12H2,1-2H3,(H,19,25)(H,20,21,24)/t14-/m0/s1. The van der Waals surface area contributed by atoms with Crippen molar-refractivity contribution >= 4 is 6.03 Å².